The molecule has 0 fully saturated rings. The first kappa shape index (κ1) is 30.6. The van der Waals surface area contributed by atoms with Gasteiger partial charge in [-0.1, -0.05) is 13.8 Å². The van der Waals surface area contributed by atoms with E-state index in [9.17, 15) is 23.5 Å². The number of aryl methyl sites for hydroxylation is 1. The molecule has 10 heteroatoms. The monoisotopic (exact) mass is 529 g/mol. The van der Waals surface area contributed by atoms with Crippen LogP contribution in [0, 0.1) is 24.0 Å². The summed E-state index contributed by atoms with van der Waals surface area (Å²) in [5.74, 6) is -2.12. The van der Waals surface area contributed by atoms with E-state index in [4.69, 9.17) is 11.1 Å². The fraction of sp³-hybridized carbons (Fsp3) is 0.429. The minimum Gasteiger partial charge on any atom is -0.391 e. The minimum absolute atomic E-state index is 0.0540. The van der Waals surface area contributed by atoms with Crippen LogP contribution in [-0.2, 0) is 6.42 Å². The molecule has 2 rings (SSSR count). The Kier molecular flexibility index (Phi) is 12.0. The zero-order valence-electron chi connectivity index (χ0n) is 22.1. The van der Waals surface area contributed by atoms with Crippen molar-refractivity contribution in [2.45, 2.75) is 65.0 Å². The van der Waals surface area contributed by atoms with Crippen molar-refractivity contribution in [2.24, 2.45) is 10.7 Å². The Morgan fingerprint density at radius 1 is 1.08 bits per heavy atom. The summed E-state index contributed by atoms with van der Waals surface area (Å²) >= 11 is 0. The topological polar surface area (TPSA) is 132 Å². The van der Waals surface area contributed by atoms with Crippen molar-refractivity contribution in [2.75, 3.05) is 13.1 Å². The van der Waals surface area contributed by atoms with E-state index in [2.05, 4.69) is 10.3 Å². The Balaban J connectivity index is 2.32. The standard InChI is InChI=1S/C28H37F2N5O3/c1-4-8-35(9-5-2)28(38)21-11-18(3)10-20(15-21)27(37)34-24(25(36)6-7-26(32)33-17-31)14-19-12-22(29)16-23(30)13-19/h10-13,15-17,24-25,36H,4-9,14H2,1-3H3,(H,34,37)(H3,31,32,33). The molecule has 0 radical (unpaired) electrons. The van der Waals surface area contributed by atoms with Crippen LogP contribution in [0.5, 0.6) is 0 Å². The van der Waals surface area contributed by atoms with Gasteiger partial charge in [0.25, 0.3) is 11.8 Å². The molecule has 0 aromatic heterocycles. The number of amidine groups is 1. The molecule has 5 N–H and O–H groups in total. The first-order chi connectivity index (χ1) is 18.1. The number of aliphatic imine (C=N–C) groups is 1. The summed E-state index contributed by atoms with van der Waals surface area (Å²) in [7, 11) is 0. The van der Waals surface area contributed by atoms with Crippen LogP contribution in [0.25, 0.3) is 0 Å². The van der Waals surface area contributed by atoms with Gasteiger partial charge < -0.3 is 21.1 Å². The van der Waals surface area contributed by atoms with Crippen LogP contribution in [-0.4, -0.2) is 59.2 Å². The number of halogens is 2. The number of carbonyl (C=O) groups excluding carboxylic acids is 2. The highest BCUT2D eigenvalue weighted by Crippen LogP contribution is 2.17. The highest BCUT2D eigenvalue weighted by molar-refractivity contribution is 6.00. The third-order valence-electron chi connectivity index (χ3n) is 5.95. The van der Waals surface area contributed by atoms with E-state index in [1.165, 1.54) is 6.07 Å². The maximum atomic E-state index is 13.8. The van der Waals surface area contributed by atoms with Gasteiger partial charge in [0.1, 0.15) is 23.8 Å². The first-order valence-corrected chi connectivity index (χ1v) is 12.7. The summed E-state index contributed by atoms with van der Waals surface area (Å²) < 4.78 is 27.6. The minimum atomic E-state index is -1.14. The van der Waals surface area contributed by atoms with Crippen molar-refractivity contribution >= 4 is 24.0 Å². The van der Waals surface area contributed by atoms with E-state index in [-0.39, 0.29) is 42.1 Å². The second-order valence-corrected chi connectivity index (χ2v) is 9.30. The normalized spacial score (nSPS) is 13.1. The van der Waals surface area contributed by atoms with Crippen LogP contribution in [0.2, 0.25) is 0 Å². The Labute approximate surface area is 222 Å². The average molecular weight is 530 g/mol. The van der Waals surface area contributed by atoms with Crippen LogP contribution in [0.3, 0.4) is 0 Å². The van der Waals surface area contributed by atoms with Crippen LogP contribution in [0.1, 0.15) is 71.4 Å². The summed E-state index contributed by atoms with van der Waals surface area (Å²) in [5, 5.41) is 20.7. The lowest BCUT2D eigenvalue weighted by Gasteiger charge is -2.25. The number of rotatable bonds is 14. The first-order valence-electron chi connectivity index (χ1n) is 12.7. The molecular weight excluding hydrogens is 492 g/mol. The van der Waals surface area contributed by atoms with Gasteiger partial charge in [0.2, 0.25) is 0 Å². The Morgan fingerprint density at radius 3 is 2.26 bits per heavy atom. The quantitative estimate of drug-likeness (QED) is 0.218. The molecular formula is C28H37F2N5O3. The number of hydrogen-bond acceptors (Lipinski definition) is 4. The van der Waals surface area contributed by atoms with Gasteiger partial charge >= 0.3 is 0 Å². The number of hydrogen-bond donors (Lipinski definition) is 4. The van der Waals surface area contributed by atoms with Crippen LogP contribution in [0.15, 0.2) is 41.4 Å². The Bertz CT molecular complexity index is 1130. The molecule has 0 aliphatic heterocycles. The van der Waals surface area contributed by atoms with Gasteiger partial charge in [-0.05, 0) is 74.1 Å². The van der Waals surface area contributed by atoms with Gasteiger partial charge in [-0.15, -0.1) is 0 Å². The van der Waals surface area contributed by atoms with Gasteiger partial charge in [0.05, 0.1) is 12.1 Å². The number of carbonyl (C=O) groups is 2. The number of aliphatic hydroxyl groups is 1. The third kappa shape index (κ3) is 9.33. The Morgan fingerprint density at radius 2 is 1.68 bits per heavy atom. The summed E-state index contributed by atoms with van der Waals surface area (Å²) in [5.41, 5.74) is 7.30. The molecule has 0 saturated heterocycles. The molecule has 0 saturated carbocycles. The zero-order valence-corrected chi connectivity index (χ0v) is 22.1. The van der Waals surface area contributed by atoms with Crippen LogP contribution >= 0.6 is 0 Å². The molecule has 2 atom stereocenters. The highest BCUT2D eigenvalue weighted by Gasteiger charge is 2.24. The summed E-state index contributed by atoms with van der Waals surface area (Å²) in [6.07, 6.45) is 1.44. The number of nitrogens with two attached hydrogens (primary N) is 1. The molecule has 206 valence electrons. The lowest BCUT2D eigenvalue weighted by atomic mass is 9.97. The highest BCUT2D eigenvalue weighted by atomic mass is 19.1. The molecule has 0 aliphatic carbocycles. The lowest BCUT2D eigenvalue weighted by molar-refractivity contribution is 0.0755. The molecule has 0 spiro atoms. The van der Waals surface area contributed by atoms with E-state index in [1.54, 1.807) is 24.0 Å². The molecule has 0 bridgehead atoms. The third-order valence-corrected chi connectivity index (χ3v) is 5.95. The number of aliphatic hydroxyl groups excluding tert-OH is 1. The Hall–Kier alpha value is -3.66. The second kappa shape index (κ2) is 14.9. The van der Waals surface area contributed by atoms with Crippen LogP contribution < -0.4 is 11.1 Å². The molecule has 2 amide bonds. The summed E-state index contributed by atoms with van der Waals surface area (Å²) in [6, 6.07) is 6.98. The zero-order chi connectivity index (χ0) is 28.2. The maximum Gasteiger partial charge on any atom is 0.253 e. The smallest absolute Gasteiger partial charge is 0.253 e. The van der Waals surface area contributed by atoms with Gasteiger partial charge in [0.15, 0.2) is 0 Å². The number of benzene rings is 2. The lowest BCUT2D eigenvalue weighted by Crippen LogP contribution is -2.45. The van der Waals surface area contributed by atoms with Gasteiger partial charge in [-0.2, -0.15) is 0 Å². The van der Waals surface area contributed by atoms with Crippen molar-refractivity contribution in [3.63, 3.8) is 0 Å². The van der Waals surface area contributed by atoms with E-state index in [1.807, 2.05) is 13.8 Å². The van der Waals surface area contributed by atoms with Crippen molar-refractivity contribution in [3.05, 3.63) is 70.3 Å². The molecule has 2 aromatic rings. The molecule has 0 aliphatic rings. The predicted molar refractivity (Wildman–Crippen MR) is 145 cm³/mol. The SMILES string of the molecule is CCCN(CCC)C(=O)c1cc(C)cc(C(=O)NC(Cc2cc(F)cc(F)c2)C(O)CCC(N)=NC=N)c1. The number of amides is 2. The van der Waals surface area contributed by atoms with E-state index in [0.29, 0.717) is 24.2 Å². The maximum absolute atomic E-state index is 13.8. The van der Waals surface area contributed by atoms with Gasteiger partial charge in [0, 0.05) is 36.7 Å². The van der Waals surface area contributed by atoms with Crippen molar-refractivity contribution in [3.8, 4) is 0 Å². The fourth-order valence-electron chi connectivity index (χ4n) is 4.24. The van der Waals surface area contributed by atoms with Crippen molar-refractivity contribution in [1.29, 1.82) is 5.41 Å². The number of nitrogens with zero attached hydrogens (tertiary/aromatic N) is 2. The average Bonchev–Trinajstić information content (AvgIpc) is 2.85. The predicted octanol–water partition coefficient (Wildman–Crippen LogP) is 3.98. The van der Waals surface area contributed by atoms with E-state index >= 15 is 0 Å². The largest absolute Gasteiger partial charge is 0.391 e. The second-order valence-electron chi connectivity index (χ2n) is 9.30. The van der Waals surface area contributed by atoms with E-state index < -0.39 is 29.7 Å². The molecule has 2 aromatic carbocycles. The molecule has 8 nitrogen and oxygen atoms in total. The molecule has 2 unspecified atom stereocenters. The van der Waals surface area contributed by atoms with Gasteiger partial charge in [-0.25, -0.2) is 13.8 Å². The number of nitrogens with one attached hydrogen (secondary N) is 2. The van der Waals surface area contributed by atoms with Crippen LogP contribution in [0.4, 0.5) is 8.78 Å². The van der Waals surface area contributed by atoms with Crippen molar-refractivity contribution in [1.82, 2.24) is 10.2 Å². The van der Waals surface area contributed by atoms with Crippen molar-refractivity contribution < 1.29 is 23.5 Å². The fourth-order valence-corrected chi connectivity index (χ4v) is 4.24. The van der Waals surface area contributed by atoms with E-state index in [0.717, 1.165) is 37.4 Å². The summed E-state index contributed by atoms with van der Waals surface area (Å²) in [4.78, 5) is 31.8. The van der Waals surface area contributed by atoms with Gasteiger partial charge in [-0.3, -0.25) is 15.0 Å². The molecule has 0 heterocycles. The summed E-state index contributed by atoms with van der Waals surface area (Å²) in [6.45, 7) is 6.97. The molecule has 38 heavy (non-hydrogen) atoms.